The molecule has 5 nitrogen and oxygen atoms in total. The molecule has 1 N–H and O–H groups in total. The molecule has 2 unspecified atom stereocenters. The summed E-state index contributed by atoms with van der Waals surface area (Å²) in [6.07, 6.45) is 0. The first-order chi connectivity index (χ1) is 9.50. The minimum Gasteiger partial charge on any atom is -0.343 e. The van der Waals surface area contributed by atoms with Crippen LogP contribution in [0.5, 0.6) is 0 Å². The van der Waals surface area contributed by atoms with Crippen molar-refractivity contribution in [1.29, 1.82) is 0 Å². The van der Waals surface area contributed by atoms with Crippen molar-refractivity contribution in [2.75, 3.05) is 0 Å². The van der Waals surface area contributed by atoms with E-state index in [2.05, 4.69) is 0 Å². The molecular formula is C14H14NO4P. The summed E-state index contributed by atoms with van der Waals surface area (Å²) in [6.45, 7) is 1.91. The van der Waals surface area contributed by atoms with Crippen molar-refractivity contribution in [2.24, 2.45) is 0 Å². The molecule has 0 radical (unpaired) electrons. The maximum Gasteiger partial charge on any atom is 0.269 e. The lowest BCUT2D eigenvalue weighted by Gasteiger charge is -2.15. The Hall–Kier alpha value is -1.97. The molecule has 0 saturated carbocycles. The molecule has 0 heterocycles. The third-order valence-corrected chi connectivity index (χ3v) is 4.18. The Bertz CT molecular complexity index is 654. The van der Waals surface area contributed by atoms with Crippen LogP contribution in [0.1, 0.15) is 24.0 Å². The molecule has 2 aromatic rings. The molecule has 0 fully saturated rings. The molecule has 0 saturated heterocycles. The Balaban J connectivity index is 2.38. The van der Waals surface area contributed by atoms with Crippen molar-refractivity contribution in [3.63, 3.8) is 0 Å². The number of rotatable bonds is 4. The molecule has 0 amide bonds. The van der Waals surface area contributed by atoms with Gasteiger partial charge in [0, 0.05) is 23.4 Å². The number of non-ortho nitro benzene ring substituents is 1. The van der Waals surface area contributed by atoms with Crippen molar-refractivity contribution in [1.82, 2.24) is 0 Å². The van der Waals surface area contributed by atoms with Crippen LogP contribution in [0.2, 0.25) is 0 Å². The summed E-state index contributed by atoms with van der Waals surface area (Å²) in [4.78, 5) is 19.6. The quantitative estimate of drug-likeness (QED) is 0.533. The first kappa shape index (κ1) is 14.4. The first-order valence-electron chi connectivity index (χ1n) is 6.07. The minimum atomic E-state index is -2.77. The molecule has 0 bridgehead atoms. The van der Waals surface area contributed by atoms with Gasteiger partial charge in [-0.25, -0.2) is 0 Å². The van der Waals surface area contributed by atoms with Crippen LogP contribution in [-0.2, 0) is 4.57 Å². The van der Waals surface area contributed by atoms with Crippen LogP contribution < -0.4 is 5.30 Å². The normalized spacial score (nSPS) is 13.7. The van der Waals surface area contributed by atoms with Gasteiger partial charge in [-0.05, 0) is 17.2 Å². The number of nitrogens with zero attached hydrogens (tertiary/aromatic N) is 1. The number of hydrogen-bond donors (Lipinski definition) is 1. The molecule has 2 atom stereocenters. The van der Waals surface area contributed by atoms with Crippen molar-refractivity contribution >= 4 is 19.0 Å². The van der Waals surface area contributed by atoms with Gasteiger partial charge in [0.2, 0.25) is 8.03 Å². The maximum absolute atomic E-state index is 11.4. The Labute approximate surface area is 116 Å². The summed E-state index contributed by atoms with van der Waals surface area (Å²) in [5.41, 5.74) is 1.67. The van der Waals surface area contributed by atoms with Crippen LogP contribution in [-0.4, -0.2) is 9.82 Å². The monoisotopic (exact) mass is 291 g/mol. The maximum atomic E-state index is 11.4. The highest BCUT2D eigenvalue weighted by Crippen LogP contribution is 2.28. The molecule has 0 aromatic heterocycles. The van der Waals surface area contributed by atoms with Gasteiger partial charge in [-0.15, -0.1) is 0 Å². The van der Waals surface area contributed by atoms with Gasteiger partial charge in [0.15, 0.2) is 0 Å². The van der Waals surface area contributed by atoms with E-state index in [1.807, 2.05) is 13.0 Å². The lowest BCUT2D eigenvalue weighted by atomic mass is 9.93. The van der Waals surface area contributed by atoms with Crippen LogP contribution in [0.15, 0.2) is 48.5 Å². The number of benzene rings is 2. The highest BCUT2D eigenvalue weighted by molar-refractivity contribution is 7.47. The standard InChI is InChI=1S/C14H14NO4P/c1-10(11-6-8-12(9-7-11)15(16)17)13-4-2-3-5-14(13)20(18)19/h2-10,20H,1H3,(H,18,19). The van der Waals surface area contributed by atoms with E-state index in [1.165, 1.54) is 12.1 Å². The first-order valence-corrected chi connectivity index (χ1v) is 7.43. The Kier molecular flexibility index (Phi) is 4.32. The zero-order valence-corrected chi connectivity index (χ0v) is 11.8. The number of nitro benzene ring substituents is 1. The van der Waals surface area contributed by atoms with E-state index in [0.717, 1.165) is 11.1 Å². The van der Waals surface area contributed by atoms with Crippen LogP contribution in [0.3, 0.4) is 0 Å². The average molecular weight is 291 g/mol. The van der Waals surface area contributed by atoms with Gasteiger partial charge < -0.3 is 4.89 Å². The smallest absolute Gasteiger partial charge is 0.269 e. The van der Waals surface area contributed by atoms with E-state index in [-0.39, 0.29) is 11.6 Å². The predicted octanol–water partition coefficient (Wildman–Crippen LogP) is 2.84. The fourth-order valence-electron chi connectivity index (χ4n) is 2.13. The predicted molar refractivity (Wildman–Crippen MR) is 77.9 cm³/mol. The third kappa shape index (κ3) is 2.95. The zero-order valence-electron chi connectivity index (χ0n) is 10.8. The lowest BCUT2D eigenvalue weighted by molar-refractivity contribution is -0.384. The highest BCUT2D eigenvalue weighted by atomic mass is 31.1. The van der Waals surface area contributed by atoms with E-state index in [4.69, 9.17) is 0 Å². The van der Waals surface area contributed by atoms with E-state index < -0.39 is 13.0 Å². The Morgan fingerprint density at radius 2 is 1.75 bits per heavy atom. The number of hydrogen-bond acceptors (Lipinski definition) is 3. The summed E-state index contributed by atoms with van der Waals surface area (Å²) in [7, 11) is -2.77. The van der Waals surface area contributed by atoms with E-state index in [9.17, 15) is 19.6 Å². The summed E-state index contributed by atoms with van der Waals surface area (Å²) in [5.74, 6) is -0.104. The molecule has 104 valence electrons. The molecule has 20 heavy (non-hydrogen) atoms. The second-order valence-corrected chi connectivity index (χ2v) is 5.61. The van der Waals surface area contributed by atoms with Crippen molar-refractivity contribution < 1.29 is 14.4 Å². The summed E-state index contributed by atoms with van der Waals surface area (Å²) in [6, 6.07) is 13.2. The van der Waals surface area contributed by atoms with E-state index in [0.29, 0.717) is 5.30 Å². The van der Waals surface area contributed by atoms with Crippen LogP contribution in [0.4, 0.5) is 5.69 Å². The second kappa shape index (κ2) is 5.99. The van der Waals surface area contributed by atoms with Gasteiger partial charge in [-0.2, -0.15) is 0 Å². The second-order valence-electron chi connectivity index (χ2n) is 4.46. The van der Waals surface area contributed by atoms with Crippen molar-refractivity contribution in [2.45, 2.75) is 12.8 Å². The highest BCUT2D eigenvalue weighted by Gasteiger charge is 2.15. The van der Waals surface area contributed by atoms with Crippen LogP contribution >= 0.6 is 8.03 Å². The molecular weight excluding hydrogens is 277 g/mol. The fourth-order valence-corrected chi connectivity index (χ4v) is 2.92. The van der Waals surface area contributed by atoms with Gasteiger partial charge in [-0.3, -0.25) is 14.7 Å². The van der Waals surface area contributed by atoms with E-state index in [1.54, 1.807) is 30.3 Å². The SMILES string of the molecule is CC(c1ccc([N+](=O)[O-])cc1)c1ccccc1[PH](=O)O. The van der Waals surface area contributed by atoms with Crippen LogP contribution in [0, 0.1) is 10.1 Å². The average Bonchev–Trinajstić information content (AvgIpc) is 2.46. The van der Waals surface area contributed by atoms with Crippen LogP contribution in [0.25, 0.3) is 0 Å². The molecule has 0 aliphatic heterocycles. The summed E-state index contributed by atoms with van der Waals surface area (Å²) < 4.78 is 11.4. The Morgan fingerprint density at radius 1 is 1.15 bits per heavy atom. The zero-order chi connectivity index (χ0) is 14.7. The lowest BCUT2D eigenvalue weighted by Crippen LogP contribution is -2.09. The fraction of sp³-hybridized carbons (Fsp3) is 0.143. The number of nitro groups is 1. The molecule has 0 aliphatic rings. The minimum absolute atomic E-state index is 0.0324. The third-order valence-electron chi connectivity index (χ3n) is 3.26. The van der Waals surface area contributed by atoms with Crippen molar-refractivity contribution in [3.8, 4) is 0 Å². The molecule has 2 rings (SSSR count). The molecule has 2 aromatic carbocycles. The van der Waals surface area contributed by atoms with Gasteiger partial charge in [-0.1, -0.05) is 37.3 Å². The molecule has 6 heteroatoms. The van der Waals surface area contributed by atoms with E-state index >= 15 is 0 Å². The van der Waals surface area contributed by atoms with Gasteiger partial charge in [0.05, 0.1) is 4.92 Å². The topological polar surface area (TPSA) is 80.4 Å². The van der Waals surface area contributed by atoms with Crippen molar-refractivity contribution in [3.05, 3.63) is 69.8 Å². The summed E-state index contributed by atoms with van der Waals surface area (Å²) >= 11 is 0. The largest absolute Gasteiger partial charge is 0.343 e. The molecule has 0 spiro atoms. The Morgan fingerprint density at radius 3 is 2.30 bits per heavy atom. The molecule has 0 aliphatic carbocycles. The van der Waals surface area contributed by atoms with Gasteiger partial charge >= 0.3 is 0 Å². The van der Waals surface area contributed by atoms with Gasteiger partial charge in [0.25, 0.3) is 5.69 Å². The van der Waals surface area contributed by atoms with Gasteiger partial charge in [0.1, 0.15) is 0 Å². The summed E-state index contributed by atoms with van der Waals surface area (Å²) in [5, 5.41) is 11.1.